The van der Waals surface area contributed by atoms with E-state index < -0.39 is 0 Å². The minimum atomic E-state index is -0.200. The second-order valence-electron chi connectivity index (χ2n) is 4.77. The van der Waals surface area contributed by atoms with Gasteiger partial charge in [-0.1, -0.05) is 0 Å². The van der Waals surface area contributed by atoms with Crippen LogP contribution in [0.25, 0.3) is 0 Å². The van der Waals surface area contributed by atoms with Crippen molar-refractivity contribution < 1.29 is 14.3 Å². The van der Waals surface area contributed by atoms with Crippen LogP contribution in [0.15, 0.2) is 28.4 Å². The molecule has 0 spiro atoms. The fourth-order valence-corrected chi connectivity index (χ4v) is 2.39. The third-order valence-electron chi connectivity index (χ3n) is 3.53. The molecule has 7 nitrogen and oxygen atoms in total. The summed E-state index contributed by atoms with van der Waals surface area (Å²) in [6.45, 7) is 1.00. The number of hydrogen-bond acceptors (Lipinski definition) is 6. The van der Waals surface area contributed by atoms with Crippen LogP contribution < -0.4 is 15.3 Å². The minimum Gasteiger partial charge on any atom is -0.486 e. The summed E-state index contributed by atoms with van der Waals surface area (Å²) in [6, 6.07) is 5.16. The Balaban J connectivity index is 1.77. The zero-order valence-corrected chi connectivity index (χ0v) is 10.7. The standard InChI is InChI=1S/C13H14N4O3/c14-16-13(17-15)9-6-8(9)12(18)7-1-2-10-11(5-7)20-4-3-19-10/h1-2,5,8-9,14H,3-4,6,15H2/b16-14?,17-13-/t8-,9-/m0/s1. The van der Waals surface area contributed by atoms with Crippen LogP contribution in [-0.4, -0.2) is 24.8 Å². The highest BCUT2D eigenvalue weighted by molar-refractivity contribution is 6.04. The van der Waals surface area contributed by atoms with Crippen LogP contribution in [0, 0.1) is 17.4 Å². The predicted molar refractivity (Wildman–Crippen MR) is 70.1 cm³/mol. The van der Waals surface area contributed by atoms with E-state index in [0.717, 1.165) is 0 Å². The Kier molecular flexibility index (Phi) is 3.09. The average Bonchev–Trinajstić information content (AvgIpc) is 3.28. The number of carbonyl (C=O) groups is 1. The van der Waals surface area contributed by atoms with Crippen LogP contribution in [0.4, 0.5) is 0 Å². The Morgan fingerprint density at radius 1 is 1.25 bits per heavy atom. The van der Waals surface area contributed by atoms with Gasteiger partial charge in [0.1, 0.15) is 13.2 Å². The number of carbonyl (C=O) groups excluding carboxylic acids is 1. The zero-order valence-electron chi connectivity index (χ0n) is 10.7. The maximum absolute atomic E-state index is 12.3. The molecule has 1 saturated carbocycles. The fourth-order valence-electron chi connectivity index (χ4n) is 2.39. The van der Waals surface area contributed by atoms with Crippen LogP contribution >= 0.6 is 0 Å². The molecule has 104 valence electrons. The number of ether oxygens (including phenoxy) is 2. The first kappa shape index (κ1) is 12.6. The van der Waals surface area contributed by atoms with Crippen molar-refractivity contribution in [1.82, 2.24) is 0 Å². The normalized spacial score (nSPS) is 24.1. The van der Waals surface area contributed by atoms with Gasteiger partial charge >= 0.3 is 0 Å². The molecule has 1 heterocycles. The molecular weight excluding hydrogens is 260 g/mol. The summed E-state index contributed by atoms with van der Waals surface area (Å²) in [5.74, 6) is 6.27. The monoisotopic (exact) mass is 274 g/mol. The number of Topliss-reactive ketones (excluding diaryl/α,β-unsaturated/α-hetero) is 1. The molecule has 7 heteroatoms. The lowest BCUT2D eigenvalue weighted by atomic mass is 10.0. The van der Waals surface area contributed by atoms with Gasteiger partial charge in [-0.2, -0.15) is 5.10 Å². The molecule has 1 aliphatic heterocycles. The van der Waals surface area contributed by atoms with Crippen molar-refractivity contribution >= 4 is 11.6 Å². The van der Waals surface area contributed by atoms with Crippen molar-refractivity contribution in [2.24, 2.45) is 27.9 Å². The molecule has 0 aromatic heterocycles. The van der Waals surface area contributed by atoms with Gasteiger partial charge in [0.2, 0.25) is 0 Å². The number of ketones is 1. The predicted octanol–water partition coefficient (Wildman–Crippen LogP) is 1.58. The van der Waals surface area contributed by atoms with Crippen molar-refractivity contribution in [3.8, 4) is 11.5 Å². The number of rotatable bonds is 3. The highest BCUT2D eigenvalue weighted by atomic mass is 16.6. The number of nitrogens with one attached hydrogen (secondary N) is 1. The Morgan fingerprint density at radius 2 is 2.00 bits per heavy atom. The van der Waals surface area contributed by atoms with Gasteiger partial charge < -0.3 is 15.3 Å². The molecule has 0 saturated heterocycles. The number of nitrogens with two attached hydrogens (primary N) is 1. The molecule has 20 heavy (non-hydrogen) atoms. The summed E-state index contributed by atoms with van der Waals surface area (Å²) >= 11 is 0. The van der Waals surface area contributed by atoms with Crippen LogP contribution in [-0.2, 0) is 0 Å². The fraction of sp³-hybridized carbons (Fsp3) is 0.385. The summed E-state index contributed by atoms with van der Waals surface area (Å²) in [7, 11) is 0. The molecule has 0 bridgehead atoms. The number of nitrogens with zero attached hydrogens (tertiary/aromatic N) is 2. The molecule has 3 rings (SSSR count). The van der Waals surface area contributed by atoms with E-state index in [9.17, 15) is 4.79 Å². The minimum absolute atomic E-state index is 0.00299. The van der Waals surface area contributed by atoms with E-state index in [1.807, 2.05) is 0 Å². The van der Waals surface area contributed by atoms with Gasteiger partial charge in [0.25, 0.3) is 0 Å². The quantitative estimate of drug-likeness (QED) is 0.218. The van der Waals surface area contributed by atoms with Gasteiger partial charge in [-0.05, 0) is 24.6 Å². The second kappa shape index (κ2) is 4.92. The molecule has 1 aliphatic carbocycles. The molecular formula is C13H14N4O3. The Bertz CT molecular complexity index is 599. The van der Waals surface area contributed by atoms with Crippen molar-refractivity contribution in [3.63, 3.8) is 0 Å². The topological polar surface area (TPSA) is 110 Å². The summed E-state index contributed by atoms with van der Waals surface area (Å²) < 4.78 is 10.9. The van der Waals surface area contributed by atoms with Crippen molar-refractivity contribution in [1.29, 1.82) is 5.53 Å². The van der Waals surface area contributed by atoms with Crippen molar-refractivity contribution in [2.45, 2.75) is 6.42 Å². The lowest BCUT2D eigenvalue weighted by Gasteiger charge is -2.18. The average molecular weight is 274 g/mol. The first-order chi connectivity index (χ1) is 9.74. The summed E-state index contributed by atoms with van der Waals surface area (Å²) in [5, 5.41) is 6.67. The molecule has 1 fully saturated rings. The lowest BCUT2D eigenvalue weighted by Crippen LogP contribution is -2.16. The van der Waals surface area contributed by atoms with Crippen LogP contribution in [0.1, 0.15) is 16.8 Å². The number of hydrogen-bond donors (Lipinski definition) is 2. The van der Waals surface area contributed by atoms with Crippen LogP contribution in [0.5, 0.6) is 11.5 Å². The van der Waals surface area contributed by atoms with Gasteiger partial charge in [-0.3, -0.25) is 4.79 Å². The van der Waals surface area contributed by atoms with E-state index >= 15 is 0 Å². The molecule has 0 radical (unpaired) electrons. The number of benzene rings is 1. The van der Waals surface area contributed by atoms with Crippen molar-refractivity contribution in [2.75, 3.05) is 13.2 Å². The third-order valence-corrected chi connectivity index (χ3v) is 3.53. The smallest absolute Gasteiger partial charge is 0.173 e. The van der Waals surface area contributed by atoms with E-state index in [1.165, 1.54) is 0 Å². The molecule has 0 unspecified atom stereocenters. The molecule has 3 N–H and O–H groups in total. The zero-order chi connectivity index (χ0) is 14.1. The van der Waals surface area contributed by atoms with Gasteiger partial charge in [0.05, 0.1) is 0 Å². The molecule has 2 atom stereocenters. The van der Waals surface area contributed by atoms with E-state index in [4.69, 9.17) is 20.8 Å². The van der Waals surface area contributed by atoms with E-state index in [-0.39, 0.29) is 23.5 Å². The molecule has 1 aromatic rings. The van der Waals surface area contributed by atoms with Gasteiger partial charge in [-0.15, -0.1) is 5.11 Å². The van der Waals surface area contributed by atoms with E-state index in [2.05, 4.69) is 10.2 Å². The lowest BCUT2D eigenvalue weighted by molar-refractivity contribution is 0.0963. The third kappa shape index (κ3) is 2.11. The van der Waals surface area contributed by atoms with Crippen molar-refractivity contribution in [3.05, 3.63) is 23.8 Å². The van der Waals surface area contributed by atoms with E-state index in [1.54, 1.807) is 18.2 Å². The largest absolute Gasteiger partial charge is 0.486 e. The maximum atomic E-state index is 12.3. The van der Waals surface area contributed by atoms with Crippen LogP contribution in [0.3, 0.4) is 0 Å². The van der Waals surface area contributed by atoms with Gasteiger partial charge in [0.15, 0.2) is 23.1 Å². The SMILES string of the molecule is N=N/C(=N\N)[C@H]1C[C@@H]1C(=O)c1ccc2c(c1)OCCO2. The summed E-state index contributed by atoms with van der Waals surface area (Å²) in [6.07, 6.45) is 0.631. The Hall–Kier alpha value is -2.44. The summed E-state index contributed by atoms with van der Waals surface area (Å²) in [5.41, 5.74) is 7.53. The highest BCUT2D eigenvalue weighted by Crippen LogP contribution is 2.43. The number of fused-ring (bicyclic) bond motifs is 1. The maximum Gasteiger partial charge on any atom is 0.173 e. The van der Waals surface area contributed by atoms with Gasteiger partial charge in [-0.25, -0.2) is 5.53 Å². The number of hydrazone groups is 1. The first-order valence-corrected chi connectivity index (χ1v) is 6.33. The first-order valence-electron chi connectivity index (χ1n) is 6.33. The second-order valence-corrected chi connectivity index (χ2v) is 4.77. The van der Waals surface area contributed by atoms with Crippen LogP contribution in [0.2, 0.25) is 0 Å². The van der Waals surface area contributed by atoms with Gasteiger partial charge in [0, 0.05) is 17.4 Å². The Labute approximate surface area is 115 Å². The molecule has 0 amide bonds. The molecule has 1 aromatic carbocycles. The summed E-state index contributed by atoms with van der Waals surface area (Å²) in [4.78, 5) is 12.3. The number of amidine groups is 1. The molecule has 2 aliphatic rings. The Morgan fingerprint density at radius 3 is 2.70 bits per heavy atom. The highest BCUT2D eigenvalue weighted by Gasteiger charge is 2.47. The van der Waals surface area contributed by atoms with E-state index in [0.29, 0.717) is 36.7 Å².